The van der Waals surface area contributed by atoms with E-state index in [1.165, 1.54) is 4.90 Å². The minimum absolute atomic E-state index is 0.194. The van der Waals surface area contributed by atoms with Gasteiger partial charge in [0.1, 0.15) is 17.7 Å². The summed E-state index contributed by atoms with van der Waals surface area (Å²) in [5.41, 5.74) is 3.82. The van der Waals surface area contributed by atoms with Gasteiger partial charge in [0, 0.05) is 6.54 Å². The van der Waals surface area contributed by atoms with Crippen LogP contribution >= 0.6 is 23.2 Å². The fourth-order valence-corrected chi connectivity index (χ4v) is 4.28. The van der Waals surface area contributed by atoms with Crippen LogP contribution in [0.2, 0.25) is 0 Å². The number of halogens is 2. The average Bonchev–Trinajstić information content (AvgIpc) is 3.21. The van der Waals surface area contributed by atoms with Gasteiger partial charge in [0.15, 0.2) is 0 Å². The van der Waals surface area contributed by atoms with E-state index in [4.69, 9.17) is 33.7 Å². The van der Waals surface area contributed by atoms with Gasteiger partial charge in [-0.15, -0.1) is 23.2 Å². The first-order chi connectivity index (χ1) is 17.0. The Bertz CT molecular complexity index is 836. The standard InChI is InChI=1S/C24H40N4O6.CH2Cl2/c1-23(2,3)18(27-22(33)34-24(4,5)6)21(32)28-12-8-11-16(28)20(31)26-15(17(29)19(25)30)13-14-9-7-10-14;2-1-3/h14-16,18H,7-13H2,1-6H3,(H2,25,30)(H,26,31)(H,27,33);1H2/t15?,16-,18?;/m0./s1. The molecule has 12 heteroatoms. The maximum Gasteiger partial charge on any atom is 0.408 e. The van der Waals surface area contributed by atoms with Gasteiger partial charge in [-0.2, -0.15) is 0 Å². The van der Waals surface area contributed by atoms with Crippen molar-refractivity contribution in [3.8, 4) is 0 Å². The summed E-state index contributed by atoms with van der Waals surface area (Å²) in [5.74, 6) is -2.53. The van der Waals surface area contributed by atoms with Crippen LogP contribution in [0.15, 0.2) is 0 Å². The Morgan fingerprint density at radius 3 is 1.97 bits per heavy atom. The van der Waals surface area contributed by atoms with Crippen molar-refractivity contribution in [1.29, 1.82) is 0 Å². The molecule has 10 nitrogen and oxygen atoms in total. The number of ketones is 1. The second kappa shape index (κ2) is 14.2. The van der Waals surface area contributed by atoms with Crippen molar-refractivity contribution in [2.24, 2.45) is 17.1 Å². The maximum atomic E-state index is 13.5. The lowest BCUT2D eigenvalue weighted by atomic mass is 9.80. The molecule has 2 unspecified atom stereocenters. The van der Waals surface area contributed by atoms with Crippen molar-refractivity contribution >= 4 is 52.8 Å². The van der Waals surface area contributed by atoms with Crippen LogP contribution in [-0.2, 0) is 23.9 Å². The molecule has 2 rings (SSSR count). The molecule has 0 aromatic rings. The summed E-state index contributed by atoms with van der Waals surface area (Å²) in [4.78, 5) is 64.3. The Morgan fingerprint density at radius 1 is 0.973 bits per heavy atom. The number of ether oxygens (including phenoxy) is 1. The molecule has 1 heterocycles. The van der Waals surface area contributed by atoms with Crippen LogP contribution in [0, 0.1) is 11.3 Å². The topological polar surface area (TPSA) is 148 Å². The molecule has 4 amide bonds. The van der Waals surface area contributed by atoms with Crippen molar-refractivity contribution in [1.82, 2.24) is 15.5 Å². The summed E-state index contributed by atoms with van der Waals surface area (Å²) in [6.07, 6.45) is 3.60. The summed E-state index contributed by atoms with van der Waals surface area (Å²) in [7, 11) is 0. The summed E-state index contributed by atoms with van der Waals surface area (Å²) in [6, 6.07) is -2.72. The van der Waals surface area contributed by atoms with Crippen molar-refractivity contribution in [2.45, 2.75) is 104 Å². The van der Waals surface area contributed by atoms with E-state index in [9.17, 15) is 24.0 Å². The molecule has 37 heavy (non-hydrogen) atoms. The number of Topliss-reactive ketones (excluding diaryl/α,β-unsaturated/α-hetero) is 1. The van der Waals surface area contributed by atoms with Crippen molar-refractivity contribution in [2.75, 3.05) is 11.9 Å². The number of likely N-dealkylation sites (tertiary alicyclic amines) is 1. The van der Waals surface area contributed by atoms with Crippen molar-refractivity contribution in [3.63, 3.8) is 0 Å². The average molecular weight is 566 g/mol. The van der Waals surface area contributed by atoms with Crippen molar-refractivity contribution in [3.05, 3.63) is 0 Å². The minimum Gasteiger partial charge on any atom is -0.444 e. The summed E-state index contributed by atoms with van der Waals surface area (Å²) in [6.45, 7) is 11.0. The molecule has 0 aromatic carbocycles. The van der Waals surface area contributed by atoms with Gasteiger partial charge >= 0.3 is 6.09 Å². The number of alkyl halides is 2. The van der Waals surface area contributed by atoms with E-state index in [2.05, 4.69) is 10.6 Å². The van der Waals surface area contributed by atoms with Crippen LogP contribution in [0.25, 0.3) is 0 Å². The molecule has 1 aliphatic heterocycles. The van der Waals surface area contributed by atoms with Gasteiger partial charge in [0.05, 0.1) is 11.4 Å². The van der Waals surface area contributed by atoms with E-state index < -0.39 is 58.7 Å². The second-order valence-corrected chi connectivity index (χ2v) is 12.4. The Morgan fingerprint density at radius 2 is 1.54 bits per heavy atom. The van der Waals surface area contributed by atoms with Crippen LogP contribution in [0.3, 0.4) is 0 Å². The largest absolute Gasteiger partial charge is 0.444 e. The van der Waals surface area contributed by atoms with Crippen LogP contribution in [0.5, 0.6) is 0 Å². The van der Waals surface area contributed by atoms with E-state index in [1.807, 2.05) is 20.8 Å². The first-order valence-corrected chi connectivity index (χ1v) is 13.6. The number of hydrogen-bond acceptors (Lipinski definition) is 6. The lowest BCUT2D eigenvalue weighted by Crippen LogP contribution is -2.59. The van der Waals surface area contributed by atoms with Crippen LogP contribution in [-0.4, -0.2) is 70.1 Å². The molecule has 2 aliphatic rings. The van der Waals surface area contributed by atoms with E-state index in [0.717, 1.165) is 19.3 Å². The van der Waals surface area contributed by atoms with Gasteiger partial charge in [0.2, 0.25) is 17.6 Å². The molecular weight excluding hydrogens is 523 g/mol. The lowest BCUT2D eigenvalue weighted by Gasteiger charge is -2.36. The fourth-order valence-electron chi connectivity index (χ4n) is 4.28. The lowest BCUT2D eigenvalue weighted by molar-refractivity contribution is -0.143. The highest BCUT2D eigenvalue weighted by Crippen LogP contribution is 2.31. The molecule has 1 saturated heterocycles. The molecule has 2 fully saturated rings. The highest BCUT2D eigenvalue weighted by molar-refractivity contribution is 6.40. The second-order valence-electron chi connectivity index (χ2n) is 11.6. The molecule has 1 saturated carbocycles. The first kappa shape index (κ1) is 33.0. The molecule has 4 N–H and O–H groups in total. The van der Waals surface area contributed by atoms with Gasteiger partial charge in [-0.05, 0) is 51.4 Å². The minimum atomic E-state index is -1.08. The summed E-state index contributed by atoms with van der Waals surface area (Å²) >= 11 is 9.53. The van der Waals surface area contributed by atoms with Crippen LogP contribution in [0.4, 0.5) is 4.79 Å². The highest BCUT2D eigenvalue weighted by Gasteiger charge is 2.43. The third-order valence-corrected chi connectivity index (χ3v) is 6.28. The van der Waals surface area contributed by atoms with Gasteiger partial charge in [0.25, 0.3) is 5.91 Å². The number of nitrogens with one attached hydrogen (secondary N) is 2. The molecule has 0 radical (unpaired) electrons. The van der Waals surface area contributed by atoms with Crippen LogP contribution < -0.4 is 16.4 Å². The molecule has 3 atom stereocenters. The Hall–Kier alpha value is -2.07. The van der Waals surface area contributed by atoms with Gasteiger partial charge < -0.3 is 26.0 Å². The molecule has 1 aliphatic carbocycles. The Balaban J connectivity index is 0.00000217. The number of nitrogens with zero attached hydrogens (tertiary/aromatic N) is 1. The Kier molecular flexibility index (Phi) is 12.6. The predicted octanol–water partition coefficient (Wildman–Crippen LogP) is 3.07. The van der Waals surface area contributed by atoms with E-state index >= 15 is 0 Å². The molecular formula is C25H42Cl2N4O6. The highest BCUT2D eigenvalue weighted by atomic mass is 35.5. The third kappa shape index (κ3) is 10.7. The zero-order valence-electron chi connectivity index (χ0n) is 22.7. The van der Waals surface area contributed by atoms with Gasteiger partial charge in [-0.25, -0.2) is 4.79 Å². The SMILES string of the molecule is CC(C)(C)OC(=O)NC(C(=O)N1CCC[C@H]1C(=O)NC(CC1CCC1)C(=O)C(N)=O)C(C)(C)C.ClCCl. The zero-order valence-corrected chi connectivity index (χ0v) is 24.2. The molecule has 0 bridgehead atoms. The fraction of sp³-hybridized carbons (Fsp3) is 0.800. The number of rotatable bonds is 8. The number of primary amides is 1. The monoisotopic (exact) mass is 564 g/mol. The number of carbonyl (C=O) groups is 5. The van der Waals surface area contributed by atoms with E-state index in [0.29, 0.717) is 25.8 Å². The number of hydrogen-bond donors (Lipinski definition) is 3. The van der Waals surface area contributed by atoms with Gasteiger partial charge in [-0.1, -0.05) is 40.0 Å². The first-order valence-electron chi connectivity index (χ1n) is 12.6. The normalized spacial score (nSPS) is 19.5. The molecule has 212 valence electrons. The van der Waals surface area contributed by atoms with Crippen LogP contribution in [0.1, 0.15) is 80.1 Å². The number of amides is 4. The number of alkyl carbamates (subject to hydrolysis) is 1. The Labute approximate surface area is 229 Å². The quantitative estimate of drug-likeness (QED) is 0.304. The van der Waals surface area contributed by atoms with E-state index in [1.54, 1.807) is 20.8 Å². The number of nitrogens with two attached hydrogens (primary N) is 1. The zero-order chi connectivity index (χ0) is 28.6. The third-order valence-electron chi connectivity index (χ3n) is 6.28. The molecule has 0 aromatic heterocycles. The van der Waals surface area contributed by atoms with E-state index in [-0.39, 0.29) is 11.3 Å². The smallest absolute Gasteiger partial charge is 0.408 e. The maximum absolute atomic E-state index is 13.5. The number of carbonyl (C=O) groups excluding carboxylic acids is 5. The summed E-state index contributed by atoms with van der Waals surface area (Å²) in [5, 5.41) is 5.54. The summed E-state index contributed by atoms with van der Waals surface area (Å²) < 4.78 is 5.32. The molecule has 0 spiro atoms. The predicted molar refractivity (Wildman–Crippen MR) is 142 cm³/mol. The van der Waals surface area contributed by atoms with Gasteiger partial charge in [-0.3, -0.25) is 19.2 Å². The van der Waals surface area contributed by atoms with Crippen molar-refractivity contribution < 1.29 is 28.7 Å².